The Morgan fingerprint density at radius 1 is 1.18 bits per heavy atom. The first-order chi connectivity index (χ1) is 18.4. The third-order valence-corrected chi connectivity index (χ3v) is 7.15. The van der Waals surface area contributed by atoms with Crippen LogP contribution in [0.4, 0.5) is 0 Å². The monoisotopic (exact) mass is 515 g/mol. The molecule has 0 saturated carbocycles. The SMILES string of the molecule is COc1ccccc1-c1cc(C2=CCCN(C(=O)CCn3ccnn3)C2)cc2c1OC[C@@H](C(=O)N(C)C)C2. The van der Waals surface area contributed by atoms with Crippen LogP contribution in [0.15, 0.2) is 54.9 Å². The fourth-order valence-electron chi connectivity index (χ4n) is 5.18. The summed E-state index contributed by atoms with van der Waals surface area (Å²) in [4.78, 5) is 29.3. The molecule has 1 aromatic heterocycles. The van der Waals surface area contributed by atoms with Crippen LogP contribution in [0.3, 0.4) is 0 Å². The van der Waals surface area contributed by atoms with Crippen LogP contribution in [-0.2, 0) is 22.6 Å². The van der Waals surface area contributed by atoms with Crippen LogP contribution in [0.25, 0.3) is 16.7 Å². The van der Waals surface area contributed by atoms with Crippen molar-refractivity contribution in [2.24, 2.45) is 5.92 Å². The summed E-state index contributed by atoms with van der Waals surface area (Å²) < 4.78 is 13.6. The summed E-state index contributed by atoms with van der Waals surface area (Å²) in [5.74, 6) is 1.45. The summed E-state index contributed by atoms with van der Waals surface area (Å²) in [6.07, 6.45) is 7.33. The van der Waals surface area contributed by atoms with E-state index in [-0.39, 0.29) is 17.7 Å². The molecule has 3 heterocycles. The van der Waals surface area contributed by atoms with Gasteiger partial charge in [-0.1, -0.05) is 29.5 Å². The second-order valence-corrected chi connectivity index (χ2v) is 9.91. The molecule has 198 valence electrons. The lowest BCUT2D eigenvalue weighted by Crippen LogP contribution is -2.37. The average Bonchev–Trinajstić information content (AvgIpc) is 3.48. The minimum absolute atomic E-state index is 0.0564. The minimum Gasteiger partial charge on any atom is -0.496 e. The summed E-state index contributed by atoms with van der Waals surface area (Å²) in [6.45, 7) is 2.06. The molecule has 2 aliphatic heterocycles. The standard InChI is InChI=1S/C29H33N5O4/c1-32(2)29(36)23-16-22-15-21(17-25(28(22)38-19-23)24-8-4-5-9-26(24)37-3)20-7-6-12-33(18-20)27(35)10-13-34-14-11-30-31-34/h4-5,7-9,11,14-15,17,23H,6,10,12-13,16,18-19H2,1-3H3/t23-/m0/s1. The second-order valence-electron chi connectivity index (χ2n) is 9.91. The number of aryl methyl sites for hydroxylation is 1. The van der Waals surface area contributed by atoms with E-state index in [4.69, 9.17) is 9.47 Å². The van der Waals surface area contributed by atoms with Gasteiger partial charge in [0.1, 0.15) is 18.1 Å². The summed E-state index contributed by atoms with van der Waals surface area (Å²) in [7, 11) is 5.21. The van der Waals surface area contributed by atoms with Crippen molar-refractivity contribution in [1.82, 2.24) is 24.8 Å². The maximum atomic E-state index is 13.0. The molecule has 0 spiro atoms. The van der Waals surface area contributed by atoms with Crippen LogP contribution in [0.5, 0.6) is 11.5 Å². The molecule has 0 saturated heterocycles. The van der Waals surface area contributed by atoms with Gasteiger partial charge >= 0.3 is 0 Å². The first kappa shape index (κ1) is 25.5. The Hall–Kier alpha value is -4.14. The Labute approximate surface area is 222 Å². The molecule has 2 aliphatic rings. The molecule has 0 fully saturated rings. The number of hydrogen-bond acceptors (Lipinski definition) is 6. The van der Waals surface area contributed by atoms with Crippen LogP contribution >= 0.6 is 0 Å². The molecule has 0 N–H and O–H groups in total. The highest BCUT2D eigenvalue weighted by molar-refractivity contribution is 5.85. The number of hydrogen-bond donors (Lipinski definition) is 0. The smallest absolute Gasteiger partial charge is 0.228 e. The Bertz CT molecular complexity index is 1350. The lowest BCUT2D eigenvalue weighted by molar-refractivity contribution is -0.134. The summed E-state index contributed by atoms with van der Waals surface area (Å²) in [5.41, 5.74) is 4.97. The topological polar surface area (TPSA) is 89.8 Å². The molecule has 0 aliphatic carbocycles. The van der Waals surface area contributed by atoms with E-state index in [1.54, 1.807) is 43.2 Å². The maximum absolute atomic E-state index is 13.0. The molecule has 0 bridgehead atoms. The zero-order chi connectivity index (χ0) is 26.6. The molecular formula is C29H33N5O4. The second kappa shape index (κ2) is 11.1. The van der Waals surface area contributed by atoms with Crippen molar-refractivity contribution in [1.29, 1.82) is 0 Å². The van der Waals surface area contributed by atoms with E-state index in [0.29, 0.717) is 39.1 Å². The van der Waals surface area contributed by atoms with Crippen LogP contribution in [0, 0.1) is 5.92 Å². The Morgan fingerprint density at radius 3 is 2.79 bits per heavy atom. The first-order valence-corrected chi connectivity index (χ1v) is 12.9. The first-order valence-electron chi connectivity index (χ1n) is 12.9. The number of benzene rings is 2. The maximum Gasteiger partial charge on any atom is 0.228 e. The van der Waals surface area contributed by atoms with Gasteiger partial charge < -0.3 is 19.3 Å². The fourth-order valence-corrected chi connectivity index (χ4v) is 5.18. The van der Waals surface area contributed by atoms with E-state index in [1.165, 1.54) is 0 Å². The van der Waals surface area contributed by atoms with E-state index in [1.807, 2.05) is 29.2 Å². The van der Waals surface area contributed by atoms with Crippen LogP contribution in [-0.4, -0.2) is 77.5 Å². The van der Waals surface area contributed by atoms with E-state index >= 15 is 0 Å². The highest BCUT2D eigenvalue weighted by Crippen LogP contribution is 2.43. The van der Waals surface area contributed by atoms with Gasteiger partial charge in [0.15, 0.2) is 0 Å². The Kier molecular flexibility index (Phi) is 7.44. The van der Waals surface area contributed by atoms with Crippen molar-refractivity contribution in [2.75, 3.05) is 40.9 Å². The van der Waals surface area contributed by atoms with Crippen molar-refractivity contribution in [2.45, 2.75) is 25.8 Å². The molecule has 3 aromatic rings. The van der Waals surface area contributed by atoms with Gasteiger partial charge in [0.25, 0.3) is 0 Å². The number of rotatable bonds is 7. The fraction of sp³-hybridized carbons (Fsp3) is 0.379. The van der Waals surface area contributed by atoms with Gasteiger partial charge in [-0.2, -0.15) is 0 Å². The summed E-state index contributed by atoms with van der Waals surface area (Å²) >= 11 is 0. The van der Waals surface area contributed by atoms with E-state index < -0.39 is 0 Å². The van der Waals surface area contributed by atoms with Crippen molar-refractivity contribution >= 4 is 17.4 Å². The quantitative estimate of drug-likeness (QED) is 0.480. The molecule has 5 rings (SSSR count). The number of aromatic nitrogens is 3. The molecule has 2 aromatic carbocycles. The average molecular weight is 516 g/mol. The van der Waals surface area contributed by atoms with E-state index in [9.17, 15) is 9.59 Å². The Morgan fingerprint density at radius 2 is 2.03 bits per heavy atom. The van der Waals surface area contributed by atoms with Crippen LogP contribution in [0.2, 0.25) is 0 Å². The van der Waals surface area contributed by atoms with Crippen LogP contribution < -0.4 is 9.47 Å². The predicted octanol–water partition coefficient (Wildman–Crippen LogP) is 3.30. The van der Waals surface area contributed by atoms with Gasteiger partial charge in [-0.3, -0.25) is 14.3 Å². The number of amides is 2. The van der Waals surface area contributed by atoms with Gasteiger partial charge in [0.05, 0.1) is 25.8 Å². The molecule has 1 atom stereocenters. The normalized spacial score (nSPS) is 16.8. The molecule has 0 unspecified atom stereocenters. The highest BCUT2D eigenvalue weighted by Gasteiger charge is 2.31. The zero-order valence-electron chi connectivity index (χ0n) is 22.1. The number of fused-ring (bicyclic) bond motifs is 1. The predicted molar refractivity (Wildman–Crippen MR) is 144 cm³/mol. The summed E-state index contributed by atoms with van der Waals surface area (Å²) in [6, 6.07) is 12.1. The highest BCUT2D eigenvalue weighted by atomic mass is 16.5. The van der Waals surface area contributed by atoms with E-state index in [2.05, 4.69) is 28.5 Å². The zero-order valence-corrected chi connectivity index (χ0v) is 22.1. The van der Waals surface area contributed by atoms with Crippen LogP contribution in [0.1, 0.15) is 24.0 Å². The van der Waals surface area contributed by atoms with Crippen molar-refractivity contribution in [3.8, 4) is 22.6 Å². The van der Waals surface area contributed by atoms with E-state index in [0.717, 1.165) is 45.7 Å². The number of para-hydroxylation sites is 1. The number of nitrogens with zero attached hydrogens (tertiary/aromatic N) is 5. The van der Waals surface area contributed by atoms with Crippen molar-refractivity contribution < 1.29 is 19.1 Å². The third-order valence-electron chi connectivity index (χ3n) is 7.15. The molecule has 9 heteroatoms. The lowest BCUT2D eigenvalue weighted by Gasteiger charge is -2.31. The van der Waals surface area contributed by atoms with Gasteiger partial charge in [-0.05, 0) is 47.7 Å². The molecular weight excluding hydrogens is 482 g/mol. The number of ether oxygens (including phenoxy) is 2. The van der Waals surface area contributed by atoms with Crippen molar-refractivity contribution in [3.63, 3.8) is 0 Å². The van der Waals surface area contributed by atoms with Gasteiger partial charge in [0, 0.05) is 50.9 Å². The molecule has 38 heavy (non-hydrogen) atoms. The third kappa shape index (κ3) is 5.27. The van der Waals surface area contributed by atoms with Gasteiger partial charge in [-0.25, -0.2) is 0 Å². The Balaban J connectivity index is 1.47. The minimum atomic E-state index is -0.242. The number of carbonyl (C=O) groups excluding carboxylic acids is 2. The lowest BCUT2D eigenvalue weighted by atomic mass is 9.87. The molecule has 9 nitrogen and oxygen atoms in total. The van der Waals surface area contributed by atoms with Gasteiger partial charge in [0.2, 0.25) is 11.8 Å². The van der Waals surface area contributed by atoms with Gasteiger partial charge in [-0.15, -0.1) is 5.10 Å². The molecule has 2 amide bonds. The number of carbonyl (C=O) groups is 2. The largest absolute Gasteiger partial charge is 0.496 e. The molecule has 0 radical (unpaired) electrons. The number of methoxy groups -OCH3 is 1. The van der Waals surface area contributed by atoms with Crippen molar-refractivity contribution in [3.05, 3.63) is 66.0 Å². The summed E-state index contributed by atoms with van der Waals surface area (Å²) in [5, 5.41) is 7.76.